The Morgan fingerprint density at radius 3 is 2.68 bits per heavy atom. The first-order valence-electron chi connectivity index (χ1n) is 10.0. The van der Waals surface area contributed by atoms with Gasteiger partial charge in [0, 0.05) is 30.4 Å². The zero-order chi connectivity index (χ0) is 22.3. The van der Waals surface area contributed by atoms with Gasteiger partial charge < -0.3 is 19.7 Å². The number of hydrogen-bond acceptors (Lipinski definition) is 6. The summed E-state index contributed by atoms with van der Waals surface area (Å²) in [6.45, 7) is 6.68. The number of carbonyl (C=O) groups is 1. The molecule has 1 aromatic heterocycles. The molecule has 7 heteroatoms. The second kappa shape index (κ2) is 7.47. The molecule has 158 valence electrons. The molecule has 2 heterocycles. The number of carboxylic acids is 1. The van der Waals surface area contributed by atoms with Crippen LogP contribution in [0.2, 0.25) is 0 Å². The number of aryl methyl sites for hydroxylation is 1. The van der Waals surface area contributed by atoms with E-state index in [2.05, 4.69) is 11.4 Å². The Bertz CT molecular complexity index is 1280. The Balaban J connectivity index is 1.76. The first kappa shape index (κ1) is 20.5. The van der Waals surface area contributed by atoms with Crippen molar-refractivity contribution < 1.29 is 14.3 Å². The lowest BCUT2D eigenvalue weighted by molar-refractivity contribution is 0.0698. The van der Waals surface area contributed by atoms with E-state index >= 15 is 0 Å². The van der Waals surface area contributed by atoms with E-state index in [4.69, 9.17) is 4.42 Å². The van der Waals surface area contributed by atoms with Gasteiger partial charge in [-0.15, -0.1) is 0 Å². The molecule has 0 radical (unpaired) electrons. The number of nitriles is 1. The van der Waals surface area contributed by atoms with Gasteiger partial charge in [0.1, 0.15) is 5.58 Å². The molecule has 0 amide bonds. The number of hydrogen-bond donors (Lipinski definition) is 2. The van der Waals surface area contributed by atoms with E-state index in [0.717, 1.165) is 11.1 Å². The summed E-state index contributed by atoms with van der Waals surface area (Å²) in [5.74, 6) is -0.579. The molecule has 1 aliphatic heterocycles. The van der Waals surface area contributed by atoms with Crippen LogP contribution in [-0.4, -0.2) is 24.2 Å². The number of nitrogens with one attached hydrogen (secondary N) is 1. The van der Waals surface area contributed by atoms with Crippen molar-refractivity contribution >= 4 is 28.5 Å². The highest BCUT2D eigenvalue weighted by atomic mass is 16.4. The first-order valence-corrected chi connectivity index (χ1v) is 10.0. The molecular weight excluding hydrogens is 394 g/mol. The maximum absolute atomic E-state index is 12.9. The van der Waals surface area contributed by atoms with Crippen LogP contribution in [0.1, 0.15) is 41.4 Å². The number of benzene rings is 2. The Morgan fingerprint density at radius 1 is 1.29 bits per heavy atom. The summed E-state index contributed by atoms with van der Waals surface area (Å²) < 4.78 is 6.17. The van der Waals surface area contributed by atoms with Crippen LogP contribution in [0.3, 0.4) is 0 Å². The molecule has 1 aliphatic rings. The molecule has 1 saturated heterocycles. The molecule has 0 aliphatic carbocycles. The topological polar surface area (TPSA) is 107 Å². The van der Waals surface area contributed by atoms with Crippen molar-refractivity contribution in [3.05, 3.63) is 69.4 Å². The van der Waals surface area contributed by atoms with Crippen LogP contribution in [0.15, 0.2) is 51.7 Å². The Hall–Kier alpha value is -3.79. The highest BCUT2D eigenvalue weighted by molar-refractivity contribution is 5.94. The van der Waals surface area contributed by atoms with Gasteiger partial charge in [0.05, 0.1) is 28.5 Å². The van der Waals surface area contributed by atoms with Crippen LogP contribution < -0.4 is 15.6 Å². The minimum absolute atomic E-state index is 0.148. The third-order valence-electron chi connectivity index (χ3n) is 5.65. The molecule has 1 atom stereocenters. The highest BCUT2D eigenvalue weighted by Gasteiger charge is 2.40. The van der Waals surface area contributed by atoms with Gasteiger partial charge in [-0.25, -0.2) is 4.79 Å². The van der Waals surface area contributed by atoms with Crippen LogP contribution in [-0.2, 0) is 0 Å². The van der Waals surface area contributed by atoms with E-state index in [1.165, 1.54) is 6.07 Å². The summed E-state index contributed by atoms with van der Waals surface area (Å²) in [7, 11) is 0. The van der Waals surface area contributed by atoms with Crippen molar-refractivity contribution in [3.63, 3.8) is 0 Å². The molecule has 3 aromatic rings. The predicted molar refractivity (Wildman–Crippen MR) is 119 cm³/mol. The highest BCUT2D eigenvalue weighted by Crippen LogP contribution is 2.36. The van der Waals surface area contributed by atoms with Crippen molar-refractivity contribution in [3.8, 4) is 6.07 Å². The van der Waals surface area contributed by atoms with Gasteiger partial charge in [-0.1, -0.05) is 18.2 Å². The van der Waals surface area contributed by atoms with E-state index < -0.39 is 11.4 Å². The maximum atomic E-state index is 12.9. The molecular formula is C24H23N3O4. The average molecular weight is 417 g/mol. The van der Waals surface area contributed by atoms with Gasteiger partial charge in [0.2, 0.25) is 0 Å². The molecule has 4 rings (SSSR count). The lowest BCUT2D eigenvalue weighted by Crippen LogP contribution is -2.54. The van der Waals surface area contributed by atoms with E-state index in [1.54, 1.807) is 30.3 Å². The smallest absolute Gasteiger partial charge is 0.337 e. The molecule has 1 unspecified atom stereocenters. The Morgan fingerprint density at radius 2 is 2.00 bits per heavy atom. The van der Waals surface area contributed by atoms with Gasteiger partial charge in [-0.05, 0) is 44.5 Å². The van der Waals surface area contributed by atoms with Crippen molar-refractivity contribution in [2.24, 2.45) is 5.41 Å². The normalized spacial score (nSPS) is 15.7. The third kappa shape index (κ3) is 3.73. The number of nitrogens with zero attached hydrogens (tertiary/aromatic N) is 2. The van der Waals surface area contributed by atoms with E-state index in [1.807, 2.05) is 31.7 Å². The van der Waals surface area contributed by atoms with E-state index in [-0.39, 0.29) is 17.0 Å². The zero-order valence-electron chi connectivity index (χ0n) is 17.6. The fourth-order valence-corrected chi connectivity index (χ4v) is 4.03. The quantitative estimate of drug-likeness (QED) is 0.636. The number of para-hydroxylation sites is 1. The van der Waals surface area contributed by atoms with Gasteiger partial charge >= 0.3 is 5.97 Å². The molecule has 0 spiro atoms. The molecule has 2 aromatic carbocycles. The van der Waals surface area contributed by atoms with Crippen LogP contribution in [0.25, 0.3) is 11.0 Å². The lowest BCUT2D eigenvalue weighted by Gasteiger charge is -2.43. The van der Waals surface area contributed by atoms with Crippen LogP contribution in [0.4, 0.5) is 11.6 Å². The third-order valence-corrected chi connectivity index (χ3v) is 5.65. The summed E-state index contributed by atoms with van der Waals surface area (Å²) in [5.41, 5.74) is 2.20. The van der Waals surface area contributed by atoms with E-state index in [0.29, 0.717) is 35.6 Å². The van der Waals surface area contributed by atoms with Crippen molar-refractivity contribution in [2.75, 3.05) is 23.3 Å². The van der Waals surface area contributed by atoms with Gasteiger partial charge in [-0.3, -0.25) is 4.79 Å². The van der Waals surface area contributed by atoms with Crippen LogP contribution >= 0.6 is 0 Å². The minimum Gasteiger partial charge on any atom is -0.478 e. The standard InChI is InChI=1S/C24H23N3O4/c1-14-8-17(15(2)26-19-7-5-4-6-16(19)23(29)30)22-18(9-14)20(28)10-21(31-22)27-12-24(3,11-25)13-27/h4-10,15,26H,12-13H2,1-3H3,(H,29,30). The minimum atomic E-state index is -1.02. The molecule has 31 heavy (non-hydrogen) atoms. The fourth-order valence-electron chi connectivity index (χ4n) is 4.03. The molecule has 0 saturated carbocycles. The second-order valence-corrected chi connectivity index (χ2v) is 8.43. The van der Waals surface area contributed by atoms with Gasteiger partial charge in [0.15, 0.2) is 11.3 Å². The maximum Gasteiger partial charge on any atom is 0.337 e. The summed E-state index contributed by atoms with van der Waals surface area (Å²) in [6, 6.07) is 13.9. The van der Waals surface area contributed by atoms with Crippen molar-refractivity contribution in [1.29, 1.82) is 5.26 Å². The van der Waals surface area contributed by atoms with E-state index in [9.17, 15) is 20.0 Å². The number of rotatable bonds is 5. The SMILES string of the molecule is Cc1cc(C(C)Nc2ccccc2C(=O)O)c2oc(N3CC(C)(C#N)C3)cc(=O)c2c1. The number of anilines is 2. The Kier molecular flexibility index (Phi) is 4.94. The van der Waals surface area contributed by atoms with Crippen LogP contribution in [0, 0.1) is 23.7 Å². The fraction of sp³-hybridized carbons (Fsp3) is 0.292. The molecule has 0 bridgehead atoms. The Labute approximate surface area is 179 Å². The monoisotopic (exact) mass is 417 g/mol. The predicted octanol–water partition coefficient (Wildman–Crippen LogP) is 4.32. The summed E-state index contributed by atoms with van der Waals surface area (Å²) in [4.78, 5) is 26.3. The van der Waals surface area contributed by atoms with Crippen molar-refractivity contribution in [2.45, 2.75) is 26.8 Å². The summed E-state index contributed by atoms with van der Waals surface area (Å²) >= 11 is 0. The summed E-state index contributed by atoms with van der Waals surface area (Å²) in [6.07, 6.45) is 0. The number of fused-ring (bicyclic) bond motifs is 1. The van der Waals surface area contributed by atoms with Crippen LogP contribution in [0.5, 0.6) is 0 Å². The number of aromatic carboxylic acids is 1. The average Bonchev–Trinajstić information content (AvgIpc) is 2.71. The van der Waals surface area contributed by atoms with Gasteiger partial charge in [0.25, 0.3) is 0 Å². The zero-order valence-corrected chi connectivity index (χ0v) is 17.6. The first-order chi connectivity index (χ1) is 14.7. The second-order valence-electron chi connectivity index (χ2n) is 8.43. The molecule has 2 N–H and O–H groups in total. The molecule has 1 fully saturated rings. The lowest BCUT2D eigenvalue weighted by atomic mass is 9.84. The largest absolute Gasteiger partial charge is 0.478 e. The molecule has 7 nitrogen and oxygen atoms in total. The summed E-state index contributed by atoms with van der Waals surface area (Å²) in [5, 5.41) is 22.5. The van der Waals surface area contributed by atoms with Gasteiger partial charge in [-0.2, -0.15) is 5.26 Å². The van der Waals surface area contributed by atoms with Crippen molar-refractivity contribution in [1.82, 2.24) is 0 Å². The number of carboxylic acid groups (broad SMARTS) is 1.